The number of rotatable bonds is 7. The van der Waals surface area contributed by atoms with Gasteiger partial charge in [-0.25, -0.2) is 4.98 Å². The number of nitrogens with zero attached hydrogens (tertiary/aromatic N) is 5. The average Bonchev–Trinajstić information content (AvgIpc) is 3.88. The molecule has 3 heterocycles. The van der Waals surface area contributed by atoms with E-state index in [2.05, 4.69) is 215 Å². The lowest BCUT2D eigenvalue weighted by Gasteiger charge is -2.16. The molecule has 0 saturated heterocycles. The molecule has 62 heavy (non-hydrogen) atoms. The van der Waals surface area contributed by atoms with Gasteiger partial charge in [0.05, 0.1) is 27.8 Å². The molecular formula is C57H37N5. The van der Waals surface area contributed by atoms with E-state index in [1.807, 2.05) is 18.2 Å². The molecule has 0 bridgehead atoms. The molecule has 0 radical (unpaired) electrons. The first-order valence-electron chi connectivity index (χ1n) is 21.0. The van der Waals surface area contributed by atoms with Gasteiger partial charge in [0.25, 0.3) is 0 Å². The summed E-state index contributed by atoms with van der Waals surface area (Å²) < 4.78 is 4.71. The predicted molar refractivity (Wildman–Crippen MR) is 256 cm³/mol. The second-order valence-electron chi connectivity index (χ2n) is 15.6. The highest BCUT2D eigenvalue weighted by molar-refractivity contribution is 6.24. The largest absolute Gasteiger partial charge is 0.307 e. The van der Waals surface area contributed by atoms with Gasteiger partial charge in [0.15, 0.2) is 11.6 Å². The molecule has 290 valence electrons. The number of fused-ring (bicyclic) bond motifs is 7. The molecule has 0 aliphatic carbocycles. The number of benzene rings is 9. The summed E-state index contributed by atoms with van der Waals surface area (Å²) in [5.41, 5.74) is 14.1. The van der Waals surface area contributed by atoms with Crippen molar-refractivity contribution < 1.29 is 0 Å². The van der Waals surface area contributed by atoms with E-state index in [0.717, 1.165) is 77.3 Å². The fourth-order valence-electron chi connectivity index (χ4n) is 9.23. The minimum Gasteiger partial charge on any atom is -0.307 e. The molecular weight excluding hydrogens is 755 g/mol. The summed E-state index contributed by atoms with van der Waals surface area (Å²) in [6, 6.07) is 79.2. The smallest absolute Gasteiger partial charge is 0.238 e. The number of hydrogen-bond acceptors (Lipinski definition) is 3. The summed E-state index contributed by atoms with van der Waals surface area (Å²) in [5, 5.41) is 4.58. The van der Waals surface area contributed by atoms with Crippen molar-refractivity contribution in [1.82, 2.24) is 24.1 Å². The normalized spacial score (nSPS) is 11.5. The Balaban J connectivity index is 1.16. The second kappa shape index (κ2) is 14.7. The second-order valence-corrected chi connectivity index (χ2v) is 15.6. The van der Waals surface area contributed by atoms with Gasteiger partial charge in [-0.3, -0.25) is 4.57 Å². The van der Waals surface area contributed by atoms with Crippen LogP contribution < -0.4 is 0 Å². The van der Waals surface area contributed by atoms with Crippen molar-refractivity contribution in [3.63, 3.8) is 0 Å². The van der Waals surface area contributed by atoms with Crippen molar-refractivity contribution in [1.29, 1.82) is 0 Å². The standard InChI is InChI=1S/C57H37N5/c1-4-19-38(20-5-1)43-27-10-11-28-44(43)41-25-18-26-42(37-41)56-58-55(40-23-8-3-9-24-40)59-57(60-56)62-52-34-17-14-31-47(52)49-36-35-48-46-30-13-16-33-51(46)61(53(48)54(49)62)50-32-15-12-29-45(50)39-21-6-2-7-22-39/h1-37H. The van der Waals surface area contributed by atoms with Crippen molar-refractivity contribution in [3.8, 4) is 67.8 Å². The van der Waals surface area contributed by atoms with Gasteiger partial charge in [0.2, 0.25) is 5.95 Å². The lowest BCUT2D eigenvalue weighted by molar-refractivity contribution is 0.953. The van der Waals surface area contributed by atoms with E-state index < -0.39 is 0 Å². The van der Waals surface area contributed by atoms with Crippen molar-refractivity contribution >= 4 is 43.6 Å². The van der Waals surface area contributed by atoms with Crippen molar-refractivity contribution in [2.24, 2.45) is 0 Å². The average molecular weight is 792 g/mol. The monoisotopic (exact) mass is 791 g/mol. The molecule has 0 N–H and O–H groups in total. The maximum Gasteiger partial charge on any atom is 0.238 e. The topological polar surface area (TPSA) is 48.5 Å². The highest BCUT2D eigenvalue weighted by Crippen LogP contribution is 2.43. The van der Waals surface area contributed by atoms with Gasteiger partial charge >= 0.3 is 0 Å². The van der Waals surface area contributed by atoms with Crippen LogP contribution in [-0.2, 0) is 0 Å². The minimum absolute atomic E-state index is 0.552. The Hall–Kier alpha value is -8.41. The summed E-state index contributed by atoms with van der Waals surface area (Å²) in [4.78, 5) is 16.0. The summed E-state index contributed by atoms with van der Waals surface area (Å²) in [6.45, 7) is 0. The van der Waals surface area contributed by atoms with Gasteiger partial charge in [-0.1, -0.05) is 200 Å². The van der Waals surface area contributed by atoms with Crippen LogP contribution in [0.2, 0.25) is 0 Å². The van der Waals surface area contributed by atoms with E-state index in [0.29, 0.717) is 17.6 Å². The molecule has 0 amide bonds. The first-order chi connectivity index (χ1) is 30.8. The third-order valence-corrected chi connectivity index (χ3v) is 12.0. The number of para-hydroxylation sites is 3. The molecule has 5 heteroatoms. The molecule has 0 aliphatic rings. The van der Waals surface area contributed by atoms with E-state index in [4.69, 9.17) is 15.0 Å². The van der Waals surface area contributed by atoms with Crippen LogP contribution in [0.25, 0.3) is 111 Å². The molecule has 12 rings (SSSR count). The van der Waals surface area contributed by atoms with Crippen LogP contribution in [0.3, 0.4) is 0 Å². The fourth-order valence-corrected chi connectivity index (χ4v) is 9.23. The first kappa shape index (κ1) is 35.5. The van der Waals surface area contributed by atoms with Gasteiger partial charge in [-0.05, 0) is 52.1 Å². The highest BCUT2D eigenvalue weighted by atomic mass is 15.2. The van der Waals surface area contributed by atoms with E-state index in [1.165, 1.54) is 16.5 Å². The van der Waals surface area contributed by atoms with Crippen LogP contribution >= 0.6 is 0 Å². The lowest BCUT2D eigenvalue weighted by Crippen LogP contribution is -2.07. The quantitative estimate of drug-likeness (QED) is 0.162. The van der Waals surface area contributed by atoms with Crippen LogP contribution in [-0.4, -0.2) is 24.1 Å². The zero-order valence-electron chi connectivity index (χ0n) is 33.6. The Morgan fingerprint density at radius 2 is 0.710 bits per heavy atom. The predicted octanol–water partition coefficient (Wildman–Crippen LogP) is 14.4. The molecule has 0 atom stereocenters. The number of hydrogen-bond donors (Lipinski definition) is 0. The Bertz CT molecular complexity index is 3620. The molecule has 0 fully saturated rings. The van der Waals surface area contributed by atoms with Crippen LogP contribution in [0.1, 0.15) is 0 Å². The van der Waals surface area contributed by atoms with Crippen LogP contribution in [0.5, 0.6) is 0 Å². The van der Waals surface area contributed by atoms with E-state index in [1.54, 1.807) is 0 Å². The number of aromatic nitrogens is 5. The van der Waals surface area contributed by atoms with Gasteiger partial charge in [-0.2, -0.15) is 9.97 Å². The lowest BCUT2D eigenvalue weighted by atomic mass is 9.94. The Morgan fingerprint density at radius 1 is 0.274 bits per heavy atom. The SMILES string of the molecule is c1ccc(-c2nc(-c3cccc(-c4ccccc4-c4ccccc4)c3)nc(-n3c4ccccc4c4ccc5c6ccccc6n(-c6ccccc6-c6ccccc6)c5c43)n2)cc1. The van der Waals surface area contributed by atoms with Crippen molar-refractivity contribution in [2.45, 2.75) is 0 Å². The zero-order valence-corrected chi connectivity index (χ0v) is 33.6. The third kappa shape index (κ3) is 5.82. The highest BCUT2D eigenvalue weighted by Gasteiger charge is 2.24. The maximum atomic E-state index is 5.45. The van der Waals surface area contributed by atoms with Crippen LogP contribution in [0, 0.1) is 0 Å². The molecule has 3 aromatic heterocycles. The Labute approximate surface area is 358 Å². The fraction of sp³-hybridized carbons (Fsp3) is 0. The van der Waals surface area contributed by atoms with Gasteiger partial charge < -0.3 is 4.57 Å². The zero-order chi connectivity index (χ0) is 41.0. The first-order valence-corrected chi connectivity index (χ1v) is 21.0. The summed E-state index contributed by atoms with van der Waals surface area (Å²) >= 11 is 0. The molecule has 0 unspecified atom stereocenters. The molecule has 5 nitrogen and oxygen atoms in total. The Kier molecular flexibility index (Phi) is 8.42. The van der Waals surface area contributed by atoms with Gasteiger partial charge in [0, 0.05) is 38.2 Å². The summed E-state index contributed by atoms with van der Waals surface area (Å²) in [7, 11) is 0. The van der Waals surface area contributed by atoms with E-state index in [-0.39, 0.29) is 0 Å². The van der Waals surface area contributed by atoms with E-state index in [9.17, 15) is 0 Å². The van der Waals surface area contributed by atoms with Gasteiger partial charge in [-0.15, -0.1) is 0 Å². The third-order valence-electron chi connectivity index (χ3n) is 12.0. The summed E-state index contributed by atoms with van der Waals surface area (Å²) in [6.07, 6.45) is 0. The van der Waals surface area contributed by atoms with Crippen LogP contribution in [0.15, 0.2) is 224 Å². The van der Waals surface area contributed by atoms with Crippen LogP contribution in [0.4, 0.5) is 0 Å². The minimum atomic E-state index is 0.552. The molecule has 0 saturated carbocycles. The van der Waals surface area contributed by atoms with Crippen molar-refractivity contribution in [2.75, 3.05) is 0 Å². The molecule has 9 aromatic carbocycles. The Morgan fingerprint density at radius 3 is 1.35 bits per heavy atom. The molecule has 12 aromatic rings. The van der Waals surface area contributed by atoms with Gasteiger partial charge in [0.1, 0.15) is 0 Å². The molecule has 0 aliphatic heterocycles. The van der Waals surface area contributed by atoms with Crippen molar-refractivity contribution in [3.05, 3.63) is 224 Å². The molecule has 0 spiro atoms. The van der Waals surface area contributed by atoms with E-state index >= 15 is 0 Å². The maximum absolute atomic E-state index is 5.45. The summed E-state index contributed by atoms with van der Waals surface area (Å²) in [5.74, 6) is 1.76.